The molecule has 1 fully saturated rings. The van der Waals surface area contributed by atoms with Crippen LogP contribution in [0.25, 0.3) is 0 Å². The van der Waals surface area contributed by atoms with Gasteiger partial charge in [0.2, 0.25) is 0 Å². The topological polar surface area (TPSA) is 69.7 Å². The number of carbonyl (C=O) groups is 1. The van der Waals surface area contributed by atoms with Crippen molar-refractivity contribution in [3.05, 3.63) is 96.1 Å². The number of benzene rings is 3. The van der Waals surface area contributed by atoms with E-state index in [4.69, 9.17) is 0 Å². The van der Waals surface area contributed by atoms with E-state index in [-0.39, 0.29) is 16.8 Å². The van der Waals surface area contributed by atoms with Crippen molar-refractivity contribution >= 4 is 21.6 Å². The van der Waals surface area contributed by atoms with Crippen molar-refractivity contribution in [2.45, 2.75) is 23.8 Å². The number of amides is 1. The molecule has 172 valence electrons. The maximum absolute atomic E-state index is 13.0. The zero-order valence-electron chi connectivity index (χ0n) is 18.7. The van der Waals surface area contributed by atoms with Crippen molar-refractivity contribution in [1.82, 2.24) is 10.2 Å². The Labute approximate surface area is 195 Å². The fraction of sp³-hybridized carbons (Fsp3) is 0.269. The second-order valence-corrected chi connectivity index (χ2v) is 10.2. The van der Waals surface area contributed by atoms with E-state index in [1.165, 1.54) is 41.9 Å². The van der Waals surface area contributed by atoms with Crippen LogP contribution >= 0.6 is 0 Å². The smallest absolute Gasteiger partial charge is 0.264 e. The summed E-state index contributed by atoms with van der Waals surface area (Å²) in [6, 6.07) is 25.3. The molecule has 0 bridgehead atoms. The van der Waals surface area contributed by atoms with Crippen molar-refractivity contribution in [3.63, 3.8) is 0 Å². The summed E-state index contributed by atoms with van der Waals surface area (Å²) in [6.45, 7) is 2.55. The molecule has 0 spiro atoms. The van der Waals surface area contributed by atoms with Crippen LogP contribution in [0.3, 0.4) is 0 Å². The Morgan fingerprint density at radius 1 is 0.909 bits per heavy atom. The first-order chi connectivity index (χ1) is 16.0. The second kappa shape index (κ2) is 10.2. The van der Waals surface area contributed by atoms with Gasteiger partial charge < -0.3 is 5.32 Å². The number of para-hydroxylation sites is 1. The van der Waals surface area contributed by atoms with Crippen LogP contribution < -0.4 is 9.62 Å². The van der Waals surface area contributed by atoms with Crippen LogP contribution in [-0.4, -0.2) is 45.9 Å². The van der Waals surface area contributed by atoms with Gasteiger partial charge in [0.25, 0.3) is 15.9 Å². The van der Waals surface area contributed by atoms with Gasteiger partial charge in [-0.25, -0.2) is 8.42 Å². The van der Waals surface area contributed by atoms with E-state index in [2.05, 4.69) is 22.3 Å². The summed E-state index contributed by atoms with van der Waals surface area (Å²) >= 11 is 0. The highest BCUT2D eigenvalue weighted by Gasteiger charge is 2.25. The third-order valence-corrected chi connectivity index (χ3v) is 7.92. The number of hydrogen-bond donors (Lipinski definition) is 1. The lowest BCUT2D eigenvalue weighted by Crippen LogP contribution is -2.36. The zero-order valence-corrected chi connectivity index (χ0v) is 19.5. The molecule has 3 aromatic carbocycles. The lowest BCUT2D eigenvalue weighted by Gasteiger charge is -2.28. The average molecular weight is 464 g/mol. The van der Waals surface area contributed by atoms with Gasteiger partial charge in [0, 0.05) is 19.2 Å². The molecule has 33 heavy (non-hydrogen) atoms. The Bertz CT molecular complexity index is 1160. The first kappa shape index (κ1) is 23.0. The highest BCUT2D eigenvalue weighted by atomic mass is 32.2. The van der Waals surface area contributed by atoms with Gasteiger partial charge in [0.1, 0.15) is 0 Å². The number of likely N-dealkylation sites (tertiary alicyclic amines) is 1. The quantitative estimate of drug-likeness (QED) is 0.547. The first-order valence-corrected chi connectivity index (χ1v) is 12.6. The van der Waals surface area contributed by atoms with E-state index in [0.29, 0.717) is 17.8 Å². The minimum Gasteiger partial charge on any atom is -0.350 e. The number of hydrogen-bond acceptors (Lipinski definition) is 4. The molecular weight excluding hydrogens is 434 g/mol. The molecule has 3 aromatic rings. The van der Waals surface area contributed by atoms with Gasteiger partial charge in [-0.2, -0.15) is 0 Å². The van der Waals surface area contributed by atoms with Crippen molar-refractivity contribution < 1.29 is 13.2 Å². The number of anilines is 1. The molecule has 4 rings (SSSR count). The van der Waals surface area contributed by atoms with Crippen LogP contribution in [0.5, 0.6) is 0 Å². The summed E-state index contributed by atoms with van der Waals surface area (Å²) in [4.78, 5) is 15.4. The van der Waals surface area contributed by atoms with E-state index < -0.39 is 10.0 Å². The second-order valence-electron chi connectivity index (χ2n) is 8.21. The summed E-state index contributed by atoms with van der Waals surface area (Å²) in [5, 5.41) is 3.04. The molecule has 6 nitrogen and oxygen atoms in total. The molecule has 1 atom stereocenters. The van der Waals surface area contributed by atoms with Crippen LogP contribution in [0.1, 0.15) is 34.8 Å². The summed E-state index contributed by atoms with van der Waals surface area (Å²) in [5.41, 5.74) is 2.20. The van der Waals surface area contributed by atoms with Crippen molar-refractivity contribution in [2.24, 2.45) is 0 Å². The molecule has 0 aliphatic carbocycles. The van der Waals surface area contributed by atoms with Crippen LogP contribution in [0.2, 0.25) is 0 Å². The zero-order chi connectivity index (χ0) is 23.3. The van der Waals surface area contributed by atoms with Crippen LogP contribution in [0.4, 0.5) is 5.69 Å². The molecule has 0 saturated carbocycles. The molecular formula is C26H29N3O3S. The minimum absolute atomic E-state index is 0.122. The lowest BCUT2D eigenvalue weighted by atomic mass is 10.1. The maximum Gasteiger partial charge on any atom is 0.264 e. The number of carbonyl (C=O) groups excluding carboxylic acids is 1. The Balaban J connectivity index is 1.44. The predicted molar refractivity (Wildman–Crippen MR) is 131 cm³/mol. The van der Waals surface area contributed by atoms with Crippen LogP contribution in [0.15, 0.2) is 89.8 Å². The van der Waals surface area contributed by atoms with Crippen LogP contribution in [-0.2, 0) is 10.0 Å². The summed E-state index contributed by atoms with van der Waals surface area (Å²) < 4.78 is 27.1. The Morgan fingerprint density at radius 3 is 2.09 bits per heavy atom. The van der Waals surface area contributed by atoms with E-state index in [1.54, 1.807) is 36.4 Å². The maximum atomic E-state index is 13.0. The third-order valence-electron chi connectivity index (χ3n) is 6.12. The van der Waals surface area contributed by atoms with Crippen molar-refractivity contribution in [1.29, 1.82) is 0 Å². The third kappa shape index (κ3) is 5.26. The van der Waals surface area contributed by atoms with Gasteiger partial charge in [0.05, 0.1) is 16.6 Å². The first-order valence-electron chi connectivity index (χ1n) is 11.2. The molecule has 1 unspecified atom stereocenters. The normalized spacial score (nSPS) is 15.2. The summed E-state index contributed by atoms with van der Waals surface area (Å²) in [7, 11) is -2.19. The Morgan fingerprint density at radius 2 is 1.48 bits per heavy atom. The summed E-state index contributed by atoms with van der Waals surface area (Å²) in [5.74, 6) is -0.213. The minimum atomic E-state index is -3.71. The van der Waals surface area contributed by atoms with Gasteiger partial charge in [-0.05, 0) is 67.9 Å². The van der Waals surface area contributed by atoms with Crippen molar-refractivity contribution in [3.8, 4) is 0 Å². The molecule has 1 N–H and O–H groups in total. The number of rotatable bonds is 8. The highest BCUT2D eigenvalue weighted by Crippen LogP contribution is 2.25. The van der Waals surface area contributed by atoms with Crippen LogP contribution in [0, 0.1) is 0 Å². The number of nitrogens with one attached hydrogen (secondary N) is 1. The Hall–Kier alpha value is -3.16. The fourth-order valence-corrected chi connectivity index (χ4v) is 5.39. The van der Waals surface area contributed by atoms with E-state index in [9.17, 15) is 13.2 Å². The largest absolute Gasteiger partial charge is 0.350 e. The number of sulfonamides is 1. The molecule has 1 aliphatic heterocycles. The molecule has 1 aliphatic rings. The van der Waals surface area contributed by atoms with Gasteiger partial charge >= 0.3 is 0 Å². The molecule has 1 saturated heterocycles. The Kier molecular flexibility index (Phi) is 7.11. The molecule has 7 heteroatoms. The standard InChI is InChI=1S/C26H29N3O3S/c1-28(23-12-6-3-7-13-23)33(31,32)24-16-14-22(15-17-24)26(30)27-20-25(29-18-8-9-19-29)21-10-4-2-5-11-21/h2-7,10-17,25H,8-9,18-20H2,1H3,(H,27,30). The van der Waals surface area contributed by atoms with Gasteiger partial charge in [-0.15, -0.1) is 0 Å². The average Bonchev–Trinajstić information content (AvgIpc) is 3.39. The number of nitrogens with zero attached hydrogens (tertiary/aromatic N) is 2. The molecule has 1 amide bonds. The van der Waals surface area contributed by atoms with Gasteiger partial charge in [-0.1, -0.05) is 48.5 Å². The van der Waals surface area contributed by atoms with Gasteiger partial charge in [-0.3, -0.25) is 14.0 Å². The lowest BCUT2D eigenvalue weighted by molar-refractivity contribution is 0.0938. The monoisotopic (exact) mass is 463 g/mol. The van der Waals surface area contributed by atoms with E-state index >= 15 is 0 Å². The highest BCUT2D eigenvalue weighted by molar-refractivity contribution is 7.92. The molecule has 0 aromatic heterocycles. The summed E-state index contributed by atoms with van der Waals surface area (Å²) in [6.07, 6.45) is 2.34. The fourth-order valence-electron chi connectivity index (χ4n) is 4.19. The van der Waals surface area contributed by atoms with Crippen molar-refractivity contribution in [2.75, 3.05) is 31.0 Å². The van der Waals surface area contributed by atoms with Gasteiger partial charge in [0.15, 0.2) is 0 Å². The SMILES string of the molecule is CN(c1ccccc1)S(=O)(=O)c1ccc(C(=O)NCC(c2ccccc2)N2CCCC2)cc1. The molecule has 0 radical (unpaired) electrons. The van der Waals surface area contributed by atoms with E-state index in [0.717, 1.165) is 13.1 Å². The van der Waals surface area contributed by atoms with E-state index in [1.807, 2.05) is 24.3 Å². The predicted octanol–water partition coefficient (Wildman–Crippen LogP) is 4.08. The molecule has 1 heterocycles.